The van der Waals surface area contributed by atoms with Gasteiger partial charge in [-0.3, -0.25) is 9.89 Å². The molecule has 0 saturated heterocycles. The van der Waals surface area contributed by atoms with Crippen molar-refractivity contribution in [2.75, 3.05) is 7.11 Å². The Morgan fingerprint density at radius 1 is 1.03 bits per heavy atom. The number of alkyl halides is 3. The topological polar surface area (TPSA) is 111 Å². The molecule has 172 valence electrons. The summed E-state index contributed by atoms with van der Waals surface area (Å²) in [5.41, 5.74) is -1.66. The Hall–Kier alpha value is -4.48. The molecule has 0 amide bonds. The van der Waals surface area contributed by atoms with Crippen LogP contribution in [-0.2, 0) is 6.18 Å². The maximum Gasteiger partial charge on any atom is 0.433 e. The second-order valence-corrected chi connectivity index (χ2v) is 7.23. The largest absolute Gasteiger partial charge is 0.480 e. The van der Waals surface area contributed by atoms with E-state index in [4.69, 9.17) is 9.15 Å². The first-order chi connectivity index (χ1) is 16.3. The molecular formula is C22H15F3N6O3. The predicted octanol–water partition coefficient (Wildman–Crippen LogP) is 4.14. The van der Waals surface area contributed by atoms with Crippen molar-refractivity contribution in [2.24, 2.45) is 0 Å². The van der Waals surface area contributed by atoms with E-state index in [0.29, 0.717) is 5.56 Å². The second-order valence-electron chi connectivity index (χ2n) is 7.23. The Morgan fingerprint density at radius 3 is 2.47 bits per heavy atom. The summed E-state index contributed by atoms with van der Waals surface area (Å²) in [5, 5.41) is 10.0. The van der Waals surface area contributed by atoms with Crippen LogP contribution in [0.15, 0.2) is 57.9 Å². The zero-order valence-electron chi connectivity index (χ0n) is 17.7. The van der Waals surface area contributed by atoms with Crippen molar-refractivity contribution in [2.45, 2.75) is 13.1 Å². The highest BCUT2D eigenvalue weighted by Crippen LogP contribution is 2.38. The maximum absolute atomic E-state index is 13.9. The molecule has 0 bridgehead atoms. The van der Waals surface area contributed by atoms with Crippen LogP contribution in [0.5, 0.6) is 5.88 Å². The van der Waals surface area contributed by atoms with Crippen molar-refractivity contribution < 1.29 is 22.3 Å². The van der Waals surface area contributed by atoms with Gasteiger partial charge in [-0.05, 0) is 24.6 Å². The number of hydrogen-bond acceptors (Lipinski definition) is 7. The van der Waals surface area contributed by atoms with Crippen LogP contribution in [0.2, 0.25) is 0 Å². The van der Waals surface area contributed by atoms with Crippen LogP contribution >= 0.6 is 0 Å². The van der Waals surface area contributed by atoms with Gasteiger partial charge >= 0.3 is 6.18 Å². The molecule has 9 nitrogen and oxygen atoms in total. The third-order valence-corrected chi connectivity index (χ3v) is 5.14. The van der Waals surface area contributed by atoms with Crippen LogP contribution in [0.1, 0.15) is 11.4 Å². The lowest BCUT2D eigenvalue weighted by atomic mass is 10.1. The van der Waals surface area contributed by atoms with Crippen molar-refractivity contribution in [3.63, 3.8) is 0 Å². The minimum absolute atomic E-state index is 0.0243. The van der Waals surface area contributed by atoms with Crippen LogP contribution in [0.25, 0.3) is 39.7 Å². The van der Waals surface area contributed by atoms with E-state index in [1.807, 2.05) is 0 Å². The van der Waals surface area contributed by atoms with E-state index in [9.17, 15) is 18.0 Å². The third kappa shape index (κ3) is 3.39. The normalized spacial score (nSPS) is 11.8. The fourth-order valence-corrected chi connectivity index (χ4v) is 3.66. The van der Waals surface area contributed by atoms with Gasteiger partial charge in [0.15, 0.2) is 5.65 Å². The first-order valence-electron chi connectivity index (χ1n) is 9.90. The maximum atomic E-state index is 13.9. The lowest BCUT2D eigenvalue weighted by molar-refractivity contribution is -0.140. The second kappa shape index (κ2) is 7.83. The van der Waals surface area contributed by atoms with Gasteiger partial charge in [0.05, 0.1) is 18.4 Å². The molecule has 34 heavy (non-hydrogen) atoms. The number of nitrogens with one attached hydrogen (secondary N) is 1. The van der Waals surface area contributed by atoms with Gasteiger partial charge in [-0.25, -0.2) is 9.97 Å². The minimum Gasteiger partial charge on any atom is -0.480 e. The summed E-state index contributed by atoms with van der Waals surface area (Å²) in [4.78, 5) is 21.7. The summed E-state index contributed by atoms with van der Waals surface area (Å²) in [6.07, 6.45) is -3.24. The lowest BCUT2D eigenvalue weighted by Crippen LogP contribution is -2.20. The van der Waals surface area contributed by atoms with Crippen molar-refractivity contribution in [1.82, 2.24) is 29.8 Å². The Morgan fingerprint density at radius 2 is 1.76 bits per heavy atom. The van der Waals surface area contributed by atoms with Crippen LogP contribution in [0.4, 0.5) is 13.2 Å². The molecule has 12 heteroatoms. The number of hydrogen-bond donors (Lipinski definition) is 1. The molecule has 5 rings (SSSR count). The van der Waals surface area contributed by atoms with Gasteiger partial charge < -0.3 is 9.15 Å². The van der Waals surface area contributed by atoms with Crippen LogP contribution in [0.3, 0.4) is 0 Å². The molecule has 0 unspecified atom stereocenters. The van der Waals surface area contributed by atoms with Crippen LogP contribution in [0, 0.1) is 6.92 Å². The standard InChI is InChI=1S/C22H15F3N6O3/c1-11-14(20-29-28-19(34-20)13-9-6-10-26-18(13)33-2)21(32)31-17(27-11)15(12-7-4-3-5-8-12)16(30-31)22(23,24)25/h3-10,30H,1-2H3. The number of benzene rings is 1. The fourth-order valence-electron chi connectivity index (χ4n) is 3.66. The van der Waals surface area contributed by atoms with Gasteiger partial charge in [0.1, 0.15) is 16.8 Å². The first-order valence-corrected chi connectivity index (χ1v) is 9.90. The smallest absolute Gasteiger partial charge is 0.433 e. The van der Waals surface area contributed by atoms with E-state index >= 15 is 0 Å². The van der Waals surface area contributed by atoms with Gasteiger partial charge in [-0.2, -0.15) is 17.7 Å². The molecular weight excluding hydrogens is 453 g/mol. The van der Waals surface area contributed by atoms with Gasteiger partial charge in [0, 0.05) is 6.20 Å². The van der Waals surface area contributed by atoms with Gasteiger partial charge in [0.2, 0.25) is 5.88 Å². The number of methoxy groups -OCH3 is 1. The number of aromatic nitrogens is 6. The van der Waals surface area contributed by atoms with E-state index in [2.05, 4.69) is 25.3 Å². The highest BCUT2D eigenvalue weighted by Gasteiger charge is 2.38. The molecule has 4 heterocycles. The number of ether oxygens (including phenoxy) is 1. The molecule has 0 saturated carbocycles. The zero-order valence-corrected chi connectivity index (χ0v) is 17.7. The number of aromatic amines is 1. The average Bonchev–Trinajstić information content (AvgIpc) is 3.45. The number of aryl methyl sites for hydroxylation is 1. The molecule has 0 aliphatic carbocycles. The summed E-state index contributed by atoms with van der Waals surface area (Å²) in [5.74, 6) is 0.0532. The number of halogens is 3. The Kier molecular flexibility index (Phi) is 4.92. The molecule has 5 aromatic rings. The van der Waals surface area contributed by atoms with Crippen molar-refractivity contribution in [3.05, 3.63) is 70.4 Å². The molecule has 0 spiro atoms. The monoisotopic (exact) mass is 468 g/mol. The highest BCUT2D eigenvalue weighted by molar-refractivity contribution is 5.81. The highest BCUT2D eigenvalue weighted by atomic mass is 19.4. The molecule has 0 atom stereocenters. The molecule has 1 aromatic carbocycles. The van der Waals surface area contributed by atoms with Gasteiger partial charge in [-0.1, -0.05) is 30.3 Å². The summed E-state index contributed by atoms with van der Waals surface area (Å²) < 4.78 is 53.2. The van der Waals surface area contributed by atoms with E-state index in [-0.39, 0.29) is 45.7 Å². The lowest BCUT2D eigenvalue weighted by Gasteiger charge is -2.07. The SMILES string of the molecule is COc1ncccc1-c1nnc(-c2c(C)nc3c(-c4ccccc4)c(C(F)(F)F)[nH]n3c2=O)o1. The number of pyridine rings is 1. The van der Waals surface area contributed by atoms with Crippen molar-refractivity contribution in [3.8, 4) is 39.9 Å². The number of fused-ring (bicyclic) bond motifs is 1. The van der Waals surface area contributed by atoms with Crippen molar-refractivity contribution in [1.29, 1.82) is 0 Å². The van der Waals surface area contributed by atoms with E-state index in [1.165, 1.54) is 32.4 Å². The van der Waals surface area contributed by atoms with Crippen LogP contribution in [-0.4, -0.2) is 36.9 Å². The zero-order chi connectivity index (χ0) is 24.0. The summed E-state index contributed by atoms with van der Waals surface area (Å²) >= 11 is 0. The molecule has 1 N–H and O–H groups in total. The Balaban J connectivity index is 1.73. The van der Waals surface area contributed by atoms with Crippen LogP contribution < -0.4 is 10.3 Å². The first kappa shape index (κ1) is 21.4. The molecule has 0 aliphatic heterocycles. The number of H-pyrrole nitrogens is 1. The average molecular weight is 468 g/mol. The molecule has 0 aliphatic rings. The van der Waals surface area contributed by atoms with Gasteiger partial charge in [0.25, 0.3) is 17.3 Å². The Labute approximate surface area is 188 Å². The Bertz CT molecular complexity index is 1570. The van der Waals surface area contributed by atoms with E-state index < -0.39 is 17.4 Å². The quantitative estimate of drug-likeness (QED) is 0.422. The summed E-state index contributed by atoms with van der Waals surface area (Å²) in [7, 11) is 1.42. The molecule has 0 fully saturated rings. The number of rotatable bonds is 4. The molecule has 4 aromatic heterocycles. The number of nitrogens with zero attached hydrogens (tertiary/aromatic N) is 5. The van der Waals surface area contributed by atoms with E-state index in [1.54, 1.807) is 30.3 Å². The third-order valence-electron chi connectivity index (χ3n) is 5.14. The summed E-state index contributed by atoms with van der Waals surface area (Å²) in [6.45, 7) is 1.49. The van der Waals surface area contributed by atoms with E-state index in [0.717, 1.165) is 4.52 Å². The van der Waals surface area contributed by atoms with Gasteiger partial charge in [-0.15, -0.1) is 10.2 Å². The van der Waals surface area contributed by atoms with Crippen molar-refractivity contribution >= 4 is 5.65 Å². The predicted molar refractivity (Wildman–Crippen MR) is 114 cm³/mol. The molecule has 0 radical (unpaired) electrons. The summed E-state index contributed by atoms with van der Waals surface area (Å²) in [6, 6.07) is 11.2. The fraction of sp³-hybridized carbons (Fsp3) is 0.136. The minimum atomic E-state index is -4.76.